The third kappa shape index (κ3) is 5.83. The lowest BCUT2D eigenvalue weighted by Gasteiger charge is -2.09. The summed E-state index contributed by atoms with van der Waals surface area (Å²) in [5.74, 6) is -0.110. The monoisotopic (exact) mass is 474 g/mol. The van der Waals surface area contributed by atoms with Crippen molar-refractivity contribution in [1.82, 2.24) is 20.1 Å². The first kappa shape index (κ1) is 23.2. The summed E-state index contributed by atoms with van der Waals surface area (Å²) in [6.45, 7) is 1.94. The van der Waals surface area contributed by atoms with E-state index in [4.69, 9.17) is 11.6 Å². The number of carbonyl (C=O) groups excluding carboxylic acids is 2. The van der Waals surface area contributed by atoms with E-state index in [0.717, 1.165) is 5.56 Å². The minimum atomic E-state index is -0.563. The van der Waals surface area contributed by atoms with Crippen LogP contribution in [0.4, 0.5) is 11.4 Å². The Labute approximate surface area is 192 Å². The van der Waals surface area contributed by atoms with Crippen LogP contribution in [0.5, 0.6) is 0 Å². The quantitative estimate of drug-likeness (QED) is 0.290. The van der Waals surface area contributed by atoms with Gasteiger partial charge >= 0.3 is 0 Å². The van der Waals surface area contributed by atoms with Crippen LogP contribution < -0.4 is 10.6 Å². The number of hydrogen-bond acceptors (Lipinski definition) is 7. The number of nitrogens with one attached hydrogen (secondary N) is 2. The maximum Gasteiger partial charge on any atom is 0.270 e. The summed E-state index contributed by atoms with van der Waals surface area (Å²) in [4.78, 5) is 34.9. The molecule has 0 unspecified atom stereocenters. The molecule has 0 saturated carbocycles. The number of carbonyl (C=O) groups is 2. The minimum Gasteiger partial charge on any atom is -0.345 e. The number of rotatable bonds is 8. The first-order valence-electron chi connectivity index (χ1n) is 9.34. The van der Waals surface area contributed by atoms with E-state index in [1.165, 1.54) is 36.0 Å². The zero-order valence-electron chi connectivity index (χ0n) is 17.2. The topological polar surface area (TPSA) is 132 Å². The predicted octanol–water partition coefficient (Wildman–Crippen LogP) is 3.35. The van der Waals surface area contributed by atoms with Crippen molar-refractivity contribution in [3.63, 3.8) is 0 Å². The van der Waals surface area contributed by atoms with E-state index >= 15 is 0 Å². The van der Waals surface area contributed by atoms with Crippen LogP contribution in [0.1, 0.15) is 21.7 Å². The summed E-state index contributed by atoms with van der Waals surface area (Å²) < 4.78 is 1.66. The van der Waals surface area contributed by atoms with Crippen molar-refractivity contribution in [2.24, 2.45) is 7.05 Å². The number of non-ortho nitro benzene ring substituents is 1. The van der Waals surface area contributed by atoms with Crippen molar-refractivity contribution < 1.29 is 14.5 Å². The van der Waals surface area contributed by atoms with Gasteiger partial charge in [0.05, 0.1) is 17.2 Å². The second-order valence-electron chi connectivity index (χ2n) is 6.74. The van der Waals surface area contributed by atoms with Gasteiger partial charge < -0.3 is 15.2 Å². The van der Waals surface area contributed by atoms with Crippen LogP contribution in [0.15, 0.2) is 47.6 Å². The Hall–Kier alpha value is -3.44. The summed E-state index contributed by atoms with van der Waals surface area (Å²) >= 11 is 7.17. The number of halogens is 1. The Morgan fingerprint density at radius 2 is 2.00 bits per heavy atom. The van der Waals surface area contributed by atoms with Crippen molar-refractivity contribution in [2.75, 3.05) is 11.1 Å². The fourth-order valence-corrected chi connectivity index (χ4v) is 3.59. The Bertz CT molecular complexity index is 1180. The van der Waals surface area contributed by atoms with Crippen LogP contribution in [0.25, 0.3) is 0 Å². The zero-order chi connectivity index (χ0) is 23.3. The second kappa shape index (κ2) is 10.2. The molecule has 0 aliphatic heterocycles. The van der Waals surface area contributed by atoms with E-state index in [9.17, 15) is 19.7 Å². The third-order valence-electron chi connectivity index (χ3n) is 4.46. The molecule has 1 aromatic heterocycles. The lowest BCUT2D eigenvalue weighted by atomic mass is 10.2. The lowest BCUT2D eigenvalue weighted by molar-refractivity contribution is -0.384. The summed E-state index contributed by atoms with van der Waals surface area (Å²) in [5.41, 5.74) is 1.55. The first-order chi connectivity index (χ1) is 15.2. The largest absolute Gasteiger partial charge is 0.345 e. The molecule has 0 atom stereocenters. The van der Waals surface area contributed by atoms with Crippen molar-refractivity contribution in [1.29, 1.82) is 0 Å². The highest BCUT2D eigenvalue weighted by molar-refractivity contribution is 7.99. The molecule has 10 nitrogen and oxygen atoms in total. The van der Waals surface area contributed by atoms with Gasteiger partial charge in [0.25, 0.3) is 11.6 Å². The van der Waals surface area contributed by atoms with E-state index in [0.29, 0.717) is 21.7 Å². The van der Waals surface area contributed by atoms with Gasteiger partial charge in [-0.2, -0.15) is 0 Å². The van der Waals surface area contributed by atoms with Gasteiger partial charge in [0.2, 0.25) is 5.91 Å². The van der Waals surface area contributed by atoms with Gasteiger partial charge in [-0.3, -0.25) is 19.7 Å². The van der Waals surface area contributed by atoms with E-state index in [1.807, 2.05) is 13.0 Å². The van der Waals surface area contributed by atoms with E-state index in [1.54, 1.807) is 23.7 Å². The number of thioether (sulfide) groups is 1. The lowest BCUT2D eigenvalue weighted by Crippen LogP contribution is -2.24. The highest BCUT2D eigenvalue weighted by Crippen LogP contribution is 2.21. The number of nitro benzene ring substituents is 1. The van der Waals surface area contributed by atoms with Gasteiger partial charge in [-0.15, -0.1) is 10.2 Å². The van der Waals surface area contributed by atoms with E-state index < -0.39 is 10.8 Å². The third-order valence-corrected chi connectivity index (χ3v) is 5.71. The molecular formula is C20H19ClN6O4S. The number of nitrogens with zero attached hydrogens (tertiary/aromatic N) is 4. The van der Waals surface area contributed by atoms with Gasteiger partial charge in [0.1, 0.15) is 0 Å². The fraction of sp³-hybridized carbons (Fsp3) is 0.200. The molecule has 0 aliphatic carbocycles. The first-order valence-corrected chi connectivity index (χ1v) is 10.7. The average molecular weight is 475 g/mol. The number of amides is 2. The minimum absolute atomic E-state index is 0.0689. The molecule has 166 valence electrons. The van der Waals surface area contributed by atoms with Crippen molar-refractivity contribution >= 4 is 46.6 Å². The molecule has 2 amide bonds. The van der Waals surface area contributed by atoms with Crippen LogP contribution in [-0.4, -0.2) is 37.3 Å². The molecule has 0 radical (unpaired) electrons. The van der Waals surface area contributed by atoms with Crippen LogP contribution in [0.2, 0.25) is 5.02 Å². The van der Waals surface area contributed by atoms with Gasteiger partial charge in [0, 0.05) is 35.5 Å². The number of hydrogen-bond donors (Lipinski definition) is 2. The van der Waals surface area contributed by atoms with E-state index in [-0.39, 0.29) is 29.5 Å². The molecule has 3 rings (SSSR count). The number of aryl methyl sites for hydroxylation is 1. The molecule has 0 saturated heterocycles. The summed E-state index contributed by atoms with van der Waals surface area (Å²) in [5, 5.41) is 25.4. The molecule has 1 heterocycles. The number of anilines is 1. The Kier molecular flexibility index (Phi) is 7.44. The van der Waals surface area contributed by atoms with Crippen molar-refractivity contribution in [3.05, 3.63) is 74.6 Å². The Balaban J connectivity index is 1.55. The highest BCUT2D eigenvalue weighted by atomic mass is 35.5. The van der Waals surface area contributed by atoms with Crippen LogP contribution in [0.3, 0.4) is 0 Å². The second-order valence-corrected chi connectivity index (χ2v) is 8.12. The molecule has 12 heteroatoms. The SMILES string of the molecule is Cc1ccc(Cl)cc1NC(=O)CSc1nnc(CNC(=O)c2cccc([N+](=O)[O-])c2)n1C. The maximum atomic E-state index is 12.3. The van der Waals surface area contributed by atoms with Gasteiger partial charge in [-0.1, -0.05) is 35.5 Å². The molecule has 2 N–H and O–H groups in total. The Morgan fingerprint density at radius 3 is 2.75 bits per heavy atom. The Morgan fingerprint density at radius 1 is 1.22 bits per heavy atom. The average Bonchev–Trinajstić information content (AvgIpc) is 3.12. The fourth-order valence-electron chi connectivity index (χ4n) is 2.69. The zero-order valence-corrected chi connectivity index (χ0v) is 18.7. The molecule has 3 aromatic rings. The predicted molar refractivity (Wildman–Crippen MR) is 121 cm³/mol. The number of aromatic nitrogens is 3. The number of benzene rings is 2. The molecular weight excluding hydrogens is 456 g/mol. The molecule has 2 aromatic carbocycles. The van der Waals surface area contributed by atoms with E-state index in [2.05, 4.69) is 20.8 Å². The maximum absolute atomic E-state index is 12.3. The molecule has 0 spiro atoms. The number of nitro groups is 1. The molecule has 32 heavy (non-hydrogen) atoms. The van der Waals surface area contributed by atoms with Crippen LogP contribution in [-0.2, 0) is 18.4 Å². The van der Waals surface area contributed by atoms with Crippen molar-refractivity contribution in [2.45, 2.75) is 18.6 Å². The molecule has 0 fully saturated rings. The summed E-state index contributed by atoms with van der Waals surface area (Å²) in [7, 11) is 1.72. The van der Waals surface area contributed by atoms with Gasteiger partial charge in [-0.25, -0.2) is 0 Å². The smallest absolute Gasteiger partial charge is 0.270 e. The summed E-state index contributed by atoms with van der Waals surface area (Å²) in [6.07, 6.45) is 0. The van der Waals surface area contributed by atoms with Crippen LogP contribution >= 0.6 is 23.4 Å². The standard InChI is InChI=1S/C20H19ClN6O4S/c1-12-6-7-14(21)9-16(12)23-18(28)11-32-20-25-24-17(26(20)2)10-22-19(29)13-4-3-5-15(8-13)27(30)31/h3-9H,10-11H2,1-2H3,(H,22,29)(H,23,28). The van der Waals surface area contributed by atoms with Gasteiger partial charge in [0.15, 0.2) is 11.0 Å². The van der Waals surface area contributed by atoms with Crippen LogP contribution in [0, 0.1) is 17.0 Å². The van der Waals surface area contributed by atoms with Crippen molar-refractivity contribution in [3.8, 4) is 0 Å². The van der Waals surface area contributed by atoms with Gasteiger partial charge in [-0.05, 0) is 30.7 Å². The molecule has 0 bridgehead atoms. The molecule has 0 aliphatic rings. The summed E-state index contributed by atoms with van der Waals surface area (Å²) in [6, 6.07) is 10.7. The normalized spacial score (nSPS) is 10.6. The highest BCUT2D eigenvalue weighted by Gasteiger charge is 2.15.